The molecule has 0 saturated heterocycles. The number of aryl methyl sites for hydroxylation is 1. The highest BCUT2D eigenvalue weighted by Gasteiger charge is 2.17. The van der Waals surface area contributed by atoms with Crippen molar-refractivity contribution in [2.75, 3.05) is 17.2 Å². The number of ketones is 1. The molecule has 1 amide bonds. The van der Waals surface area contributed by atoms with E-state index >= 15 is 0 Å². The van der Waals surface area contributed by atoms with Crippen LogP contribution >= 0.6 is 11.6 Å². The van der Waals surface area contributed by atoms with Gasteiger partial charge in [-0.1, -0.05) is 83.9 Å². The Labute approximate surface area is 219 Å². The van der Waals surface area contributed by atoms with Crippen molar-refractivity contribution in [1.82, 2.24) is 9.97 Å². The molecule has 0 bridgehead atoms. The number of carbonyl (C=O) groups excluding carboxylic acids is 2. The van der Waals surface area contributed by atoms with E-state index < -0.39 is 0 Å². The molecule has 0 aliphatic heterocycles. The summed E-state index contributed by atoms with van der Waals surface area (Å²) in [6, 6.07) is 29.5. The van der Waals surface area contributed by atoms with E-state index in [0.29, 0.717) is 27.8 Å². The van der Waals surface area contributed by atoms with Crippen LogP contribution < -0.4 is 10.6 Å². The normalized spacial score (nSPS) is 10.8. The Morgan fingerprint density at radius 3 is 2.32 bits per heavy atom. The van der Waals surface area contributed by atoms with E-state index in [1.165, 1.54) is 0 Å². The van der Waals surface area contributed by atoms with Crippen molar-refractivity contribution < 1.29 is 9.59 Å². The Hall–Kier alpha value is -4.55. The predicted octanol–water partition coefficient (Wildman–Crippen LogP) is 6.54. The lowest BCUT2D eigenvalue weighted by Gasteiger charge is -2.13. The first-order chi connectivity index (χ1) is 18.0. The van der Waals surface area contributed by atoms with Gasteiger partial charge in [0.15, 0.2) is 5.78 Å². The molecular formula is C30H23ClN4O2. The van der Waals surface area contributed by atoms with Crippen molar-refractivity contribution in [3.05, 3.63) is 119 Å². The summed E-state index contributed by atoms with van der Waals surface area (Å²) >= 11 is 6.16. The quantitative estimate of drug-likeness (QED) is 0.245. The van der Waals surface area contributed by atoms with Crippen LogP contribution in [0.2, 0.25) is 5.02 Å². The van der Waals surface area contributed by atoms with E-state index in [9.17, 15) is 9.59 Å². The average Bonchev–Trinajstić information content (AvgIpc) is 2.93. The molecule has 2 N–H and O–H groups in total. The lowest BCUT2D eigenvalue weighted by molar-refractivity contribution is -0.114. The number of hydrogen-bond donors (Lipinski definition) is 2. The molecule has 0 unspecified atom stereocenters. The van der Waals surface area contributed by atoms with Crippen LogP contribution in [0.5, 0.6) is 0 Å². The van der Waals surface area contributed by atoms with Gasteiger partial charge in [0.25, 0.3) is 0 Å². The molecule has 1 aromatic heterocycles. The van der Waals surface area contributed by atoms with Crippen LogP contribution in [0.4, 0.5) is 11.6 Å². The number of benzene rings is 4. The van der Waals surface area contributed by atoms with Gasteiger partial charge in [-0.05, 0) is 37.3 Å². The van der Waals surface area contributed by atoms with Crippen molar-refractivity contribution in [2.45, 2.75) is 6.92 Å². The maximum Gasteiger partial charge on any atom is 0.243 e. The number of nitrogens with zero attached hydrogens (tertiary/aromatic N) is 2. The van der Waals surface area contributed by atoms with Crippen molar-refractivity contribution >= 4 is 45.8 Å². The van der Waals surface area contributed by atoms with Gasteiger partial charge in [-0.15, -0.1) is 0 Å². The fourth-order valence-corrected chi connectivity index (χ4v) is 4.22. The van der Waals surface area contributed by atoms with Gasteiger partial charge in [-0.25, -0.2) is 9.97 Å². The average molecular weight is 507 g/mol. The molecule has 0 aliphatic rings. The second-order valence-corrected chi connectivity index (χ2v) is 9.01. The van der Waals surface area contributed by atoms with Gasteiger partial charge in [-0.3, -0.25) is 9.59 Å². The van der Waals surface area contributed by atoms with Gasteiger partial charge in [0.05, 0.1) is 23.4 Å². The number of carbonyl (C=O) groups is 2. The summed E-state index contributed by atoms with van der Waals surface area (Å²) in [6.45, 7) is 1.94. The van der Waals surface area contributed by atoms with Crippen LogP contribution in [0.3, 0.4) is 0 Å². The number of nitrogens with one attached hydrogen (secondary N) is 2. The van der Waals surface area contributed by atoms with Crippen LogP contribution in [0, 0.1) is 6.92 Å². The van der Waals surface area contributed by atoms with Gasteiger partial charge in [0.1, 0.15) is 0 Å². The van der Waals surface area contributed by atoms with E-state index in [-0.39, 0.29) is 18.2 Å². The third-order valence-electron chi connectivity index (χ3n) is 5.84. The lowest BCUT2D eigenvalue weighted by Crippen LogP contribution is -2.24. The minimum atomic E-state index is -0.349. The van der Waals surface area contributed by atoms with Gasteiger partial charge in [0.2, 0.25) is 11.9 Å². The van der Waals surface area contributed by atoms with Crippen molar-refractivity contribution in [2.24, 2.45) is 0 Å². The molecule has 0 spiro atoms. The molecule has 6 nitrogen and oxygen atoms in total. The molecule has 37 heavy (non-hydrogen) atoms. The number of aromatic nitrogens is 2. The molecule has 0 aliphatic carbocycles. The zero-order valence-electron chi connectivity index (χ0n) is 20.0. The Morgan fingerprint density at radius 2 is 1.57 bits per heavy atom. The molecular weight excluding hydrogens is 484 g/mol. The zero-order valence-corrected chi connectivity index (χ0v) is 20.8. The van der Waals surface area contributed by atoms with Gasteiger partial charge in [-0.2, -0.15) is 0 Å². The summed E-state index contributed by atoms with van der Waals surface area (Å²) in [6.07, 6.45) is 0. The van der Waals surface area contributed by atoms with Gasteiger partial charge in [0, 0.05) is 27.1 Å². The summed E-state index contributed by atoms with van der Waals surface area (Å²) in [5, 5.41) is 7.18. The first-order valence-corrected chi connectivity index (χ1v) is 12.1. The third-order valence-corrected chi connectivity index (χ3v) is 6.08. The van der Waals surface area contributed by atoms with E-state index in [0.717, 1.165) is 27.7 Å². The highest BCUT2D eigenvalue weighted by Crippen LogP contribution is 2.28. The molecule has 0 radical (unpaired) electrons. The number of fused-ring (bicyclic) bond motifs is 1. The number of amides is 1. The highest BCUT2D eigenvalue weighted by atomic mass is 35.5. The Balaban J connectivity index is 1.38. The minimum absolute atomic E-state index is 0.0901. The number of rotatable bonds is 7. The van der Waals surface area contributed by atoms with Gasteiger partial charge < -0.3 is 10.6 Å². The fourth-order valence-electron chi connectivity index (χ4n) is 4.05. The Morgan fingerprint density at radius 1 is 0.838 bits per heavy atom. The maximum atomic E-state index is 13.1. The lowest BCUT2D eigenvalue weighted by atomic mass is 10.0. The monoisotopic (exact) mass is 506 g/mol. The maximum absolute atomic E-state index is 13.1. The van der Waals surface area contributed by atoms with E-state index in [4.69, 9.17) is 16.6 Å². The molecule has 182 valence electrons. The van der Waals surface area contributed by atoms with Crippen LogP contribution in [-0.2, 0) is 4.79 Å². The second-order valence-electron chi connectivity index (χ2n) is 8.57. The Kier molecular flexibility index (Phi) is 6.92. The topological polar surface area (TPSA) is 84.0 Å². The molecule has 5 aromatic rings. The minimum Gasteiger partial charge on any atom is -0.345 e. The van der Waals surface area contributed by atoms with Crippen LogP contribution in [0.1, 0.15) is 21.5 Å². The smallest absolute Gasteiger partial charge is 0.243 e. The van der Waals surface area contributed by atoms with E-state index in [1.54, 1.807) is 42.5 Å². The first kappa shape index (κ1) is 24.2. The molecule has 0 fully saturated rings. The van der Waals surface area contributed by atoms with Crippen molar-refractivity contribution in [1.29, 1.82) is 0 Å². The Bertz CT molecular complexity index is 1610. The number of anilines is 2. The fraction of sp³-hybridized carbons (Fsp3) is 0.0667. The summed E-state index contributed by atoms with van der Waals surface area (Å²) < 4.78 is 0. The van der Waals surface area contributed by atoms with E-state index in [1.807, 2.05) is 55.5 Å². The number of hydrogen-bond acceptors (Lipinski definition) is 5. The molecule has 4 aromatic carbocycles. The predicted molar refractivity (Wildman–Crippen MR) is 148 cm³/mol. The summed E-state index contributed by atoms with van der Waals surface area (Å²) in [5.74, 6) is -0.243. The van der Waals surface area contributed by atoms with Crippen LogP contribution in [0.25, 0.3) is 22.2 Å². The second kappa shape index (κ2) is 10.6. The molecule has 7 heteroatoms. The van der Waals surface area contributed by atoms with Crippen molar-refractivity contribution in [3.63, 3.8) is 0 Å². The molecule has 5 rings (SSSR count). The number of halogens is 1. The molecule has 0 saturated carbocycles. The summed E-state index contributed by atoms with van der Waals surface area (Å²) in [4.78, 5) is 35.2. The van der Waals surface area contributed by atoms with Crippen LogP contribution in [0.15, 0.2) is 97.1 Å². The zero-order chi connectivity index (χ0) is 25.8. The molecule has 0 atom stereocenters. The summed E-state index contributed by atoms with van der Waals surface area (Å²) in [7, 11) is 0. The standard InChI is InChI=1S/C30H23ClN4O2/c1-19-12-14-25-23(16-19)28(20-8-4-2-5-9-20)35-30(34-25)32-18-27(36)33-26-15-13-22(31)17-24(26)29(37)21-10-6-3-7-11-21/h2-17H,18H2,1H3,(H,33,36)(H,32,34,35). The van der Waals surface area contributed by atoms with Crippen molar-refractivity contribution in [3.8, 4) is 11.3 Å². The molecule has 1 heterocycles. The largest absolute Gasteiger partial charge is 0.345 e. The van der Waals surface area contributed by atoms with Crippen LogP contribution in [-0.4, -0.2) is 28.2 Å². The highest BCUT2D eigenvalue weighted by molar-refractivity contribution is 6.31. The third kappa shape index (κ3) is 5.50. The van der Waals surface area contributed by atoms with Gasteiger partial charge >= 0.3 is 0 Å². The SMILES string of the molecule is Cc1ccc2nc(NCC(=O)Nc3ccc(Cl)cc3C(=O)c3ccccc3)nc(-c3ccccc3)c2c1. The van der Waals surface area contributed by atoms with E-state index in [2.05, 4.69) is 21.7 Å². The summed E-state index contributed by atoms with van der Waals surface area (Å²) in [5.41, 5.74) is 4.82. The first-order valence-electron chi connectivity index (χ1n) is 11.7.